The van der Waals surface area contributed by atoms with Crippen molar-refractivity contribution in [2.24, 2.45) is 5.92 Å². The van der Waals surface area contributed by atoms with Crippen LogP contribution in [0.1, 0.15) is 57.5 Å². The van der Waals surface area contributed by atoms with E-state index in [2.05, 4.69) is 20.3 Å². The fourth-order valence-corrected chi connectivity index (χ4v) is 5.44. The minimum atomic E-state index is -1.40. The second-order valence-corrected chi connectivity index (χ2v) is 10.1. The minimum absolute atomic E-state index is 0.0537. The molecule has 202 valence electrons. The van der Waals surface area contributed by atoms with Crippen molar-refractivity contribution >= 4 is 29.0 Å². The highest BCUT2D eigenvalue weighted by molar-refractivity contribution is 5.83. The van der Waals surface area contributed by atoms with E-state index in [9.17, 15) is 19.8 Å². The molecule has 37 heavy (non-hydrogen) atoms. The van der Waals surface area contributed by atoms with E-state index >= 15 is 0 Å². The summed E-state index contributed by atoms with van der Waals surface area (Å²) in [6.07, 6.45) is 2.49. The molecule has 2 unspecified atom stereocenters. The monoisotopic (exact) mass is 517 g/mol. The quantitative estimate of drug-likeness (QED) is 0.422. The predicted molar refractivity (Wildman–Crippen MR) is 131 cm³/mol. The summed E-state index contributed by atoms with van der Waals surface area (Å²) >= 11 is 0. The van der Waals surface area contributed by atoms with Crippen LogP contribution in [0.15, 0.2) is 6.33 Å². The minimum Gasteiger partial charge on any atom is -0.446 e. The Balaban J connectivity index is 1.26. The van der Waals surface area contributed by atoms with Crippen molar-refractivity contribution in [1.29, 1.82) is 0 Å². The van der Waals surface area contributed by atoms with Gasteiger partial charge in [0.15, 0.2) is 23.8 Å². The lowest BCUT2D eigenvalue weighted by atomic mass is 9.93. The standard InChI is InChI=1S/C24H35N7O6/c1-2-26-22(34)19-17(32)18(33)23(37-19)31-12-27-16-20(25)28-15(29-21(16)31)11-13-7-9-30(10-8-13)24(35)36-14-5-3-4-6-14/h12-14,17-19,23,32-33H,2-11H2,1H3,(H,26,34)(H2,25,28,29)/t17?,18?,19-,23+/m0/s1. The van der Waals surface area contributed by atoms with Crippen molar-refractivity contribution in [3.63, 3.8) is 0 Å². The number of likely N-dealkylation sites (N-methyl/N-ethyl adjacent to an activating group) is 1. The number of hydrogen-bond acceptors (Lipinski definition) is 10. The number of carbonyl (C=O) groups is 2. The molecule has 2 aromatic rings. The lowest BCUT2D eigenvalue weighted by molar-refractivity contribution is -0.137. The van der Waals surface area contributed by atoms with Gasteiger partial charge >= 0.3 is 6.09 Å². The van der Waals surface area contributed by atoms with Gasteiger partial charge in [0.25, 0.3) is 5.91 Å². The number of anilines is 1. The Kier molecular flexibility index (Phi) is 7.45. The van der Waals surface area contributed by atoms with Gasteiger partial charge in [-0.05, 0) is 51.4 Å². The second-order valence-electron chi connectivity index (χ2n) is 10.1. The van der Waals surface area contributed by atoms with Crippen LogP contribution in [0.3, 0.4) is 0 Å². The molecule has 0 spiro atoms. The molecule has 1 aliphatic carbocycles. The Hall–Kier alpha value is -3.03. The highest BCUT2D eigenvalue weighted by Crippen LogP contribution is 2.33. The maximum Gasteiger partial charge on any atom is 0.410 e. The van der Waals surface area contributed by atoms with Crippen molar-refractivity contribution in [3.8, 4) is 0 Å². The molecule has 13 nitrogen and oxygen atoms in total. The number of amides is 2. The first kappa shape index (κ1) is 25.6. The first-order chi connectivity index (χ1) is 17.9. The van der Waals surface area contributed by atoms with Gasteiger partial charge in [0, 0.05) is 26.1 Å². The van der Waals surface area contributed by atoms with E-state index in [1.807, 2.05) is 0 Å². The Morgan fingerprint density at radius 3 is 2.59 bits per heavy atom. The summed E-state index contributed by atoms with van der Waals surface area (Å²) in [4.78, 5) is 39.9. The van der Waals surface area contributed by atoms with Gasteiger partial charge in [-0.25, -0.2) is 19.7 Å². The molecule has 4 atom stereocenters. The molecule has 3 aliphatic rings. The lowest BCUT2D eigenvalue weighted by Crippen LogP contribution is -2.42. The van der Waals surface area contributed by atoms with Crippen LogP contribution in [-0.2, 0) is 20.7 Å². The topological polar surface area (TPSA) is 178 Å². The molecule has 2 saturated heterocycles. The number of aromatic nitrogens is 4. The van der Waals surface area contributed by atoms with E-state index in [4.69, 9.17) is 15.2 Å². The third-order valence-electron chi connectivity index (χ3n) is 7.53. The summed E-state index contributed by atoms with van der Waals surface area (Å²) in [5.41, 5.74) is 6.88. The zero-order chi connectivity index (χ0) is 26.1. The molecule has 4 heterocycles. The van der Waals surface area contributed by atoms with Crippen LogP contribution in [0, 0.1) is 5.92 Å². The summed E-state index contributed by atoms with van der Waals surface area (Å²) in [7, 11) is 0. The number of hydrogen-bond donors (Lipinski definition) is 4. The van der Waals surface area contributed by atoms with Crippen molar-refractivity contribution in [3.05, 3.63) is 12.2 Å². The number of aliphatic hydroxyl groups is 2. The molecule has 2 amide bonds. The first-order valence-electron chi connectivity index (χ1n) is 13.1. The molecule has 2 aromatic heterocycles. The van der Waals surface area contributed by atoms with Crippen LogP contribution in [0.2, 0.25) is 0 Å². The van der Waals surface area contributed by atoms with E-state index in [0.29, 0.717) is 43.0 Å². The van der Waals surface area contributed by atoms with Gasteiger partial charge in [-0.1, -0.05) is 0 Å². The number of rotatable bonds is 6. The van der Waals surface area contributed by atoms with Crippen LogP contribution < -0.4 is 11.1 Å². The van der Waals surface area contributed by atoms with E-state index in [1.165, 1.54) is 10.9 Å². The van der Waals surface area contributed by atoms with E-state index in [0.717, 1.165) is 38.5 Å². The van der Waals surface area contributed by atoms with Crippen LogP contribution in [-0.4, -0.2) is 90.7 Å². The molecule has 5 N–H and O–H groups in total. The van der Waals surface area contributed by atoms with Crippen molar-refractivity contribution < 1.29 is 29.3 Å². The van der Waals surface area contributed by atoms with Crippen molar-refractivity contribution in [2.75, 3.05) is 25.4 Å². The van der Waals surface area contributed by atoms with Gasteiger partial charge in [0.2, 0.25) is 0 Å². The summed E-state index contributed by atoms with van der Waals surface area (Å²) in [5, 5.41) is 23.6. The van der Waals surface area contributed by atoms with E-state index in [-0.39, 0.29) is 23.9 Å². The Labute approximate surface area is 214 Å². The Bertz CT molecular complexity index is 1130. The average Bonchev–Trinajstić information content (AvgIpc) is 3.60. The summed E-state index contributed by atoms with van der Waals surface area (Å²) < 4.78 is 12.8. The number of nitrogens with two attached hydrogens (primary N) is 1. The third-order valence-corrected chi connectivity index (χ3v) is 7.53. The highest BCUT2D eigenvalue weighted by Gasteiger charge is 2.47. The molecular formula is C24H35N7O6. The van der Waals surface area contributed by atoms with E-state index in [1.54, 1.807) is 11.8 Å². The SMILES string of the molecule is CCNC(=O)[C@H]1O[C@@H](n2cnc3c(N)nc(CC4CCN(C(=O)OC5CCCC5)CC4)nc32)C(O)C1O. The lowest BCUT2D eigenvalue weighted by Gasteiger charge is -2.31. The smallest absolute Gasteiger partial charge is 0.410 e. The van der Waals surface area contributed by atoms with Crippen LogP contribution >= 0.6 is 0 Å². The third kappa shape index (κ3) is 5.20. The summed E-state index contributed by atoms with van der Waals surface area (Å²) in [5.74, 6) is 0.479. The zero-order valence-electron chi connectivity index (χ0n) is 21.0. The number of carbonyl (C=O) groups excluding carboxylic acids is 2. The number of nitrogens with one attached hydrogen (secondary N) is 1. The number of nitrogens with zero attached hydrogens (tertiary/aromatic N) is 5. The number of aliphatic hydroxyl groups excluding tert-OH is 2. The summed E-state index contributed by atoms with van der Waals surface area (Å²) in [6.45, 7) is 3.36. The summed E-state index contributed by atoms with van der Waals surface area (Å²) in [6, 6.07) is 0. The second kappa shape index (κ2) is 10.8. The number of piperidine rings is 1. The predicted octanol–water partition coefficient (Wildman–Crippen LogP) is 0.498. The van der Waals surface area contributed by atoms with Gasteiger partial charge in [-0.3, -0.25) is 9.36 Å². The maximum atomic E-state index is 12.5. The van der Waals surface area contributed by atoms with Crippen molar-refractivity contribution in [1.82, 2.24) is 29.7 Å². The fourth-order valence-electron chi connectivity index (χ4n) is 5.44. The molecular weight excluding hydrogens is 482 g/mol. The molecule has 0 bridgehead atoms. The average molecular weight is 518 g/mol. The van der Waals surface area contributed by atoms with Gasteiger partial charge in [0.1, 0.15) is 29.7 Å². The molecule has 0 radical (unpaired) electrons. The zero-order valence-corrected chi connectivity index (χ0v) is 21.0. The molecule has 2 aliphatic heterocycles. The molecule has 1 saturated carbocycles. The molecule has 13 heteroatoms. The number of likely N-dealkylation sites (tertiary alicyclic amines) is 1. The molecule has 5 rings (SSSR count). The van der Waals surface area contributed by atoms with Crippen LogP contribution in [0.4, 0.5) is 10.6 Å². The number of nitrogen functional groups attached to an aromatic ring is 1. The fraction of sp³-hybridized carbons (Fsp3) is 0.708. The normalized spacial score (nSPS) is 27.2. The first-order valence-corrected chi connectivity index (χ1v) is 13.1. The number of imidazole rings is 1. The van der Waals surface area contributed by atoms with Crippen molar-refractivity contribution in [2.45, 2.75) is 82.5 Å². The number of ether oxygens (including phenoxy) is 2. The van der Waals surface area contributed by atoms with Gasteiger partial charge < -0.3 is 35.6 Å². The largest absolute Gasteiger partial charge is 0.446 e. The van der Waals surface area contributed by atoms with Gasteiger partial charge in [-0.15, -0.1) is 0 Å². The van der Waals surface area contributed by atoms with Gasteiger partial charge in [-0.2, -0.15) is 0 Å². The highest BCUT2D eigenvalue weighted by atomic mass is 16.6. The van der Waals surface area contributed by atoms with Gasteiger partial charge in [0.05, 0.1) is 6.33 Å². The van der Waals surface area contributed by atoms with Crippen LogP contribution in [0.25, 0.3) is 11.2 Å². The molecule has 3 fully saturated rings. The van der Waals surface area contributed by atoms with E-state index < -0.39 is 30.4 Å². The Morgan fingerprint density at radius 1 is 1.16 bits per heavy atom. The van der Waals surface area contributed by atoms with Crippen LogP contribution in [0.5, 0.6) is 0 Å². The number of fused-ring (bicyclic) bond motifs is 1. The molecule has 0 aromatic carbocycles. The maximum absolute atomic E-state index is 12.5. The Morgan fingerprint density at radius 2 is 1.89 bits per heavy atom.